The third kappa shape index (κ3) is 7.25. The molecular formula is C30H36F2N2O3. The Kier molecular flexibility index (Phi) is 9.45. The zero-order valence-corrected chi connectivity index (χ0v) is 21.5. The van der Waals surface area contributed by atoms with Gasteiger partial charge in [-0.15, -0.1) is 0 Å². The topological polar surface area (TPSA) is 62.7 Å². The van der Waals surface area contributed by atoms with Crippen LogP contribution < -0.4 is 4.74 Å². The van der Waals surface area contributed by atoms with Crippen LogP contribution in [0.3, 0.4) is 0 Å². The molecule has 198 valence electrons. The first-order valence-corrected chi connectivity index (χ1v) is 13.2. The minimum atomic E-state index is -0.761. The predicted octanol–water partition coefficient (Wildman–Crippen LogP) is 6.28. The van der Waals surface area contributed by atoms with E-state index in [2.05, 4.69) is 16.0 Å². The summed E-state index contributed by atoms with van der Waals surface area (Å²) in [6.07, 6.45) is 7.75. The first-order valence-electron chi connectivity index (χ1n) is 13.2. The molecule has 1 fully saturated rings. The molecule has 0 amide bonds. The zero-order chi connectivity index (χ0) is 26.2. The summed E-state index contributed by atoms with van der Waals surface area (Å²) in [6.45, 7) is 2.53. The molecule has 0 radical (unpaired) electrons. The fourth-order valence-corrected chi connectivity index (χ4v) is 5.71. The van der Waals surface area contributed by atoms with E-state index in [1.807, 2.05) is 24.4 Å². The highest BCUT2D eigenvalue weighted by Crippen LogP contribution is 2.32. The molecular weight excluding hydrogens is 474 g/mol. The molecule has 1 aliphatic heterocycles. The molecule has 1 saturated heterocycles. The molecule has 1 aromatic heterocycles. The van der Waals surface area contributed by atoms with Crippen LogP contribution in [-0.2, 0) is 17.6 Å². The number of nitrogens with zero attached hydrogens (tertiary/aromatic N) is 2. The maximum absolute atomic E-state index is 14.0. The van der Waals surface area contributed by atoms with Gasteiger partial charge >= 0.3 is 5.97 Å². The average Bonchev–Trinajstić information content (AvgIpc) is 2.89. The van der Waals surface area contributed by atoms with Crippen LogP contribution in [0.5, 0.6) is 5.75 Å². The number of likely N-dealkylation sites (tertiary alicyclic amines) is 1. The van der Waals surface area contributed by atoms with Crippen LogP contribution in [0.1, 0.15) is 49.7 Å². The second kappa shape index (κ2) is 13.0. The first-order chi connectivity index (χ1) is 17.9. The molecule has 37 heavy (non-hydrogen) atoms. The molecule has 0 unspecified atom stereocenters. The minimum absolute atomic E-state index is 0.154. The smallest absolute Gasteiger partial charge is 0.303 e. The van der Waals surface area contributed by atoms with Crippen molar-refractivity contribution in [3.63, 3.8) is 0 Å². The largest absolute Gasteiger partial charge is 0.497 e. The Balaban J connectivity index is 1.32. The normalized spacial score (nSPS) is 18.2. The van der Waals surface area contributed by atoms with Gasteiger partial charge in [0.25, 0.3) is 0 Å². The number of carboxylic acid groups (broad SMARTS) is 1. The standard InChI is InChI=1S/C30H36F2N2O3/c1-37-24-11-12-29-26(19-24)22(14-16-33-29)6-2-5-21-15-18-34(20-23(21)10-13-30(35)36)17-4-7-25-27(31)8-3-9-28(25)32/h3,8-9,11-12,14,16,19,21,23H,2,4-7,10,13,15,17-18,20H2,1H3,(H,35,36)/t21-,23+/m1/s1. The van der Waals surface area contributed by atoms with Crippen LogP contribution in [0, 0.1) is 23.5 Å². The Morgan fingerprint density at radius 2 is 1.89 bits per heavy atom. The number of ether oxygens (including phenoxy) is 1. The average molecular weight is 511 g/mol. The van der Waals surface area contributed by atoms with E-state index in [9.17, 15) is 18.7 Å². The van der Waals surface area contributed by atoms with Gasteiger partial charge in [-0.3, -0.25) is 9.78 Å². The summed E-state index contributed by atoms with van der Waals surface area (Å²) in [5.74, 6) is -0.132. The summed E-state index contributed by atoms with van der Waals surface area (Å²) in [5.41, 5.74) is 2.37. The van der Waals surface area contributed by atoms with Crippen molar-refractivity contribution in [1.82, 2.24) is 9.88 Å². The number of aryl methyl sites for hydroxylation is 1. The van der Waals surface area contributed by atoms with Crippen LogP contribution in [0.25, 0.3) is 10.9 Å². The number of aromatic nitrogens is 1. The summed E-state index contributed by atoms with van der Waals surface area (Å²) in [4.78, 5) is 18.1. The molecule has 7 heteroatoms. The second-order valence-electron chi connectivity index (χ2n) is 10.1. The fourth-order valence-electron chi connectivity index (χ4n) is 5.71. The summed E-state index contributed by atoms with van der Waals surface area (Å²) >= 11 is 0. The summed E-state index contributed by atoms with van der Waals surface area (Å²) < 4.78 is 33.3. The van der Waals surface area contributed by atoms with E-state index in [4.69, 9.17) is 4.74 Å². The number of benzene rings is 2. The Labute approximate surface area is 217 Å². The molecule has 0 aliphatic carbocycles. The Morgan fingerprint density at radius 1 is 1.08 bits per heavy atom. The van der Waals surface area contributed by atoms with Gasteiger partial charge in [-0.2, -0.15) is 0 Å². The summed E-state index contributed by atoms with van der Waals surface area (Å²) in [7, 11) is 1.67. The van der Waals surface area contributed by atoms with Gasteiger partial charge in [-0.05, 0) is 112 Å². The van der Waals surface area contributed by atoms with Gasteiger partial charge in [-0.1, -0.05) is 6.07 Å². The van der Waals surface area contributed by atoms with Crippen molar-refractivity contribution < 1.29 is 23.4 Å². The maximum atomic E-state index is 14.0. The first kappa shape index (κ1) is 27.0. The Bertz CT molecular complexity index is 1180. The van der Waals surface area contributed by atoms with Gasteiger partial charge in [0.2, 0.25) is 0 Å². The van der Waals surface area contributed by atoms with E-state index < -0.39 is 17.6 Å². The van der Waals surface area contributed by atoms with Crippen molar-refractivity contribution in [3.8, 4) is 5.75 Å². The number of aliphatic carboxylic acids is 1. The van der Waals surface area contributed by atoms with Crippen molar-refractivity contribution in [3.05, 3.63) is 71.4 Å². The fraction of sp³-hybridized carbons (Fsp3) is 0.467. The number of piperidine rings is 1. The number of pyridine rings is 1. The van der Waals surface area contributed by atoms with E-state index in [-0.39, 0.29) is 12.0 Å². The number of hydrogen-bond donors (Lipinski definition) is 1. The highest BCUT2D eigenvalue weighted by Gasteiger charge is 2.29. The molecule has 0 bridgehead atoms. The molecule has 2 atom stereocenters. The number of hydrogen-bond acceptors (Lipinski definition) is 4. The van der Waals surface area contributed by atoms with Crippen LogP contribution in [0.15, 0.2) is 48.7 Å². The molecule has 1 aliphatic rings. The van der Waals surface area contributed by atoms with E-state index in [1.54, 1.807) is 7.11 Å². The Morgan fingerprint density at radius 3 is 2.65 bits per heavy atom. The van der Waals surface area contributed by atoms with E-state index in [0.717, 1.165) is 62.0 Å². The van der Waals surface area contributed by atoms with Gasteiger partial charge < -0.3 is 14.7 Å². The van der Waals surface area contributed by atoms with Gasteiger partial charge in [0.1, 0.15) is 17.4 Å². The molecule has 0 saturated carbocycles. The van der Waals surface area contributed by atoms with Gasteiger partial charge in [0, 0.05) is 30.1 Å². The molecule has 4 rings (SSSR count). The van der Waals surface area contributed by atoms with Crippen LogP contribution in [-0.4, -0.2) is 47.7 Å². The summed E-state index contributed by atoms with van der Waals surface area (Å²) in [6, 6.07) is 12.0. The van der Waals surface area contributed by atoms with Crippen molar-refractivity contribution >= 4 is 16.9 Å². The van der Waals surface area contributed by atoms with Crippen LogP contribution >= 0.6 is 0 Å². The third-order valence-electron chi connectivity index (χ3n) is 7.73. The van der Waals surface area contributed by atoms with Gasteiger partial charge in [0.15, 0.2) is 0 Å². The van der Waals surface area contributed by atoms with Crippen LogP contribution in [0.2, 0.25) is 0 Å². The number of methoxy groups -OCH3 is 1. The third-order valence-corrected chi connectivity index (χ3v) is 7.73. The monoisotopic (exact) mass is 510 g/mol. The lowest BCUT2D eigenvalue weighted by atomic mass is 9.79. The Hall–Kier alpha value is -3.06. The number of carbonyl (C=O) groups is 1. The van der Waals surface area contributed by atoms with E-state index in [1.165, 1.54) is 23.8 Å². The molecule has 2 aromatic carbocycles. The molecule has 2 heterocycles. The van der Waals surface area contributed by atoms with Crippen molar-refractivity contribution in [1.29, 1.82) is 0 Å². The maximum Gasteiger partial charge on any atom is 0.303 e. The quantitative estimate of drug-likeness (QED) is 0.311. The van der Waals surface area contributed by atoms with Crippen LogP contribution in [0.4, 0.5) is 8.78 Å². The SMILES string of the molecule is COc1ccc2nccc(CCC[C@@H]3CCN(CCCc4c(F)cccc4F)C[C@@H]3CCC(=O)O)c2c1. The molecule has 0 spiro atoms. The highest BCUT2D eigenvalue weighted by atomic mass is 19.1. The van der Waals surface area contributed by atoms with Gasteiger partial charge in [-0.25, -0.2) is 8.78 Å². The molecule has 1 N–H and O–H groups in total. The zero-order valence-electron chi connectivity index (χ0n) is 21.5. The lowest BCUT2D eigenvalue weighted by Crippen LogP contribution is -2.41. The van der Waals surface area contributed by atoms with Crippen molar-refractivity contribution in [2.75, 3.05) is 26.7 Å². The van der Waals surface area contributed by atoms with Gasteiger partial charge in [0.05, 0.1) is 12.6 Å². The second-order valence-corrected chi connectivity index (χ2v) is 10.1. The van der Waals surface area contributed by atoms with Crippen molar-refractivity contribution in [2.24, 2.45) is 11.8 Å². The highest BCUT2D eigenvalue weighted by molar-refractivity contribution is 5.83. The lowest BCUT2D eigenvalue weighted by molar-refractivity contribution is -0.137. The number of carboxylic acids is 1. The minimum Gasteiger partial charge on any atom is -0.497 e. The lowest BCUT2D eigenvalue weighted by Gasteiger charge is -2.39. The van der Waals surface area contributed by atoms with E-state index in [0.29, 0.717) is 31.1 Å². The predicted molar refractivity (Wildman–Crippen MR) is 141 cm³/mol. The molecule has 5 nitrogen and oxygen atoms in total. The molecule has 3 aromatic rings. The number of fused-ring (bicyclic) bond motifs is 1. The van der Waals surface area contributed by atoms with E-state index >= 15 is 0 Å². The van der Waals surface area contributed by atoms with Crippen molar-refractivity contribution in [2.45, 2.75) is 51.4 Å². The summed E-state index contributed by atoms with van der Waals surface area (Å²) in [5, 5.41) is 10.4. The number of rotatable bonds is 12. The number of halogens is 2.